The molecule has 108 valence electrons. The van der Waals surface area contributed by atoms with Crippen molar-refractivity contribution in [1.82, 2.24) is 10.2 Å². The van der Waals surface area contributed by atoms with Gasteiger partial charge in [-0.05, 0) is 37.5 Å². The van der Waals surface area contributed by atoms with Crippen LogP contribution in [0.3, 0.4) is 0 Å². The van der Waals surface area contributed by atoms with Gasteiger partial charge in [-0.3, -0.25) is 0 Å². The summed E-state index contributed by atoms with van der Waals surface area (Å²) >= 11 is 0. The number of carbonyl (C=O) groups excluding carboxylic acids is 1. The molecule has 1 aliphatic heterocycles. The Morgan fingerprint density at radius 3 is 2.79 bits per heavy atom. The van der Waals surface area contributed by atoms with Crippen LogP contribution in [0.1, 0.15) is 46.0 Å². The molecule has 2 rings (SSSR count). The van der Waals surface area contributed by atoms with Crippen LogP contribution in [0, 0.1) is 11.8 Å². The number of amides is 2. The molecule has 0 aromatic carbocycles. The summed E-state index contributed by atoms with van der Waals surface area (Å²) in [5.74, 6) is -0.259. The van der Waals surface area contributed by atoms with Crippen LogP contribution in [0.4, 0.5) is 4.79 Å². The summed E-state index contributed by atoms with van der Waals surface area (Å²) in [5, 5.41) is 12.3. The molecule has 5 heteroatoms. The molecule has 1 saturated carbocycles. The predicted molar refractivity (Wildman–Crippen MR) is 71.9 cm³/mol. The number of hydrogen-bond acceptors (Lipinski definition) is 2. The van der Waals surface area contributed by atoms with E-state index in [1.807, 2.05) is 6.92 Å². The number of nitrogens with zero attached hydrogens (tertiary/aromatic N) is 1. The fourth-order valence-corrected chi connectivity index (χ4v) is 3.15. The summed E-state index contributed by atoms with van der Waals surface area (Å²) in [6, 6.07) is -0.598. The summed E-state index contributed by atoms with van der Waals surface area (Å²) in [6.07, 6.45) is 5.09. The Morgan fingerprint density at radius 2 is 2.16 bits per heavy atom. The molecule has 2 aliphatic rings. The monoisotopic (exact) mass is 268 g/mol. The van der Waals surface area contributed by atoms with Crippen molar-refractivity contribution >= 4 is 12.0 Å². The number of urea groups is 1. The minimum Gasteiger partial charge on any atom is -0.480 e. The predicted octanol–water partition coefficient (Wildman–Crippen LogP) is 2.07. The Balaban J connectivity index is 1.91. The number of likely N-dealkylation sites (tertiary alicyclic amines) is 1. The maximum absolute atomic E-state index is 12.2. The average molecular weight is 268 g/mol. The number of rotatable bonds is 4. The van der Waals surface area contributed by atoms with E-state index in [0.717, 1.165) is 32.1 Å². The highest BCUT2D eigenvalue weighted by atomic mass is 16.4. The van der Waals surface area contributed by atoms with E-state index in [1.165, 1.54) is 4.90 Å². The van der Waals surface area contributed by atoms with Crippen molar-refractivity contribution in [3.05, 3.63) is 0 Å². The Labute approximate surface area is 114 Å². The zero-order chi connectivity index (χ0) is 14.0. The van der Waals surface area contributed by atoms with Gasteiger partial charge in [0.05, 0.1) is 0 Å². The van der Waals surface area contributed by atoms with Gasteiger partial charge >= 0.3 is 12.0 Å². The summed E-state index contributed by atoms with van der Waals surface area (Å²) in [5.41, 5.74) is 0. The van der Waals surface area contributed by atoms with Crippen molar-refractivity contribution in [1.29, 1.82) is 0 Å². The molecule has 4 unspecified atom stereocenters. The van der Waals surface area contributed by atoms with E-state index in [4.69, 9.17) is 0 Å². The highest BCUT2D eigenvalue weighted by Crippen LogP contribution is 2.35. The SMILES string of the molecule is CCCC1CC1NC(=O)N1CCCC(C)C1C(=O)O. The molecule has 1 aliphatic carbocycles. The van der Waals surface area contributed by atoms with E-state index in [2.05, 4.69) is 12.2 Å². The van der Waals surface area contributed by atoms with Crippen molar-refractivity contribution < 1.29 is 14.7 Å². The Hall–Kier alpha value is -1.26. The van der Waals surface area contributed by atoms with Crippen LogP contribution < -0.4 is 5.32 Å². The lowest BCUT2D eigenvalue weighted by Gasteiger charge is -2.37. The van der Waals surface area contributed by atoms with E-state index in [-0.39, 0.29) is 18.0 Å². The molecule has 0 radical (unpaired) electrons. The number of nitrogens with one attached hydrogen (secondary N) is 1. The highest BCUT2D eigenvalue weighted by Gasteiger charge is 2.41. The largest absolute Gasteiger partial charge is 0.480 e. The van der Waals surface area contributed by atoms with Gasteiger partial charge in [0.1, 0.15) is 6.04 Å². The normalized spacial score (nSPS) is 33.9. The van der Waals surface area contributed by atoms with Gasteiger partial charge in [0.15, 0.2) is 0 Å². The van der Waals surface area contributed by atoms with E-state index in [0.29, 0.717) is 12.5 Å². The number of carboxylic acids is 1. The van der Waals surface area contributed by atoms with E-state index in [1.54, 1.807) is 0 Å². The number of aliphatic carboxylic acids is 1. The van der Waals surface area contributed by atoms with Crippen molar-refractivity contribution in [3.8, 4) is 0 Å². The zero-order valence-electron chi connectivity index (χ0n) is 11.8. The maximum atomic E-state index is 12.2. The van der Waals surface area contributed by atoms with Gasteiger partial charge in [-0.15, -0.1) is 0 Å². The molecule has 2 N–H and O–H groups in total. The second-order valence-electron chi connectivity index (χ2n) is 5.94. The Morgan fingerprint density at radius 1 is 1.42 bits per heavy atom. The number of carboxylic acid groups (broad SMARTS) is 1. The molecule has 4 atom stereocenters. The van der Waals surface area contributed by atoms with Gasteiger partial charge < -0.3 is 15.3 Å². The van der Waals surface area contributed by atoms with Gasteiger partial charge in [-0.25, -0.2) is 9.59 Å². The van der Waals surface area contributed by atoms with Crippen LogP contribution >= 0.6 is 0 Å². The summed E-state index contributed by atoms with van der Waals surface area (Å²) in [7, 11) is 0. The molecule has 0 bridgehead atoms. The third-order valence-corrected chi connectivity index (χ3v) is 4.34. The number of carbonyl (C=O) groups is 2. The first-order chi connectivity index (χ1) is 9.04. The average Bonchev–Trinajstić information content (AvgIpc) is 3.06. The first-order valence-corrected chi connectivity index (χ1v) is 7.34. The van der Waals surface area contributed by atoms with E-state index in [9.17, 15) is 14.7 Å². The van der Waals surface area contributed by atoms with Crippen molar-refractivity contribution in [2.45, 2.75) is 58.0 Å². The third-order valence-electron chi connectivity index (χ3n) is 4.34. The molecule has 5 nitrogen and oxygen atoms in total. The standard InChI is InChI=1S/C14H24N2O3/c1-3-5-10-8-11(10)15-14(19)16-7-4-6-9(2)12(16)13(17)18/h9-12H,3-8H2,1-2H3,(H,15,19)(H,17,18). The fraction of sp³-hybridized carbons (Fsp3) is 0.857. The fourth-order valence-electron chi connectivity index (χ4n) is 3.15. The Kier molecular flexibility index (Phi) is 4.32. The van der Waals surface area contributed by atoms with Crippen molar-refractivity contribution in [2.75, 3.05) is 6.54 Å². The van der Waals surface area contributed by atoms with Gasteiger partial charge in [0.2, 0.25) is 0 Å². The molecule has 0 spiro atoms. The molecule has 1 heterocycles. The molecule has 0 aromatic rings. The first kappa shape index (κ1) is 14.2. The van der Waals surface area contributed by atoms with Gasteiger partial charge in [-0.1, -0.05) is 20.3 Å². The minimum absolute atomic E-state index is 0.0302. The molecular weight excluding hydrogens is 244 g/mol. The smallest absolute Gasteiger partial charge is 0.326 e. The first-order valence-electron chi connectivity index (χ1n) is 7.34. The van der Waals surface area contributed by atoms with Crippen molar-refractivity contribution in [2.24, 2.45) is 11.8 Å². The quantitative estimate of drug-likeness (QED) is 0.820. The Bertz CT molecular complexity index is 359. The minimum atomic E-state index is -0.886. The van der Waals surface area contributed by atoms with Gasteiger partial charge in [-0.2, -0.15) is 0 Å². The number of piperidine rings is 1. The lowest BCUT2D eigenvalue weighted by molar-refractivity contribution is -0.145. The van der Waals surface area contributed by atoms with Gasteiger partial charge in [0, 0.05) is 12.6 Å². The molecule has 2 amide bonds. The van der Waals surface area contributed by atoms with Crippen LogP contribution in [-0.4, -0.2) is 40.6 Å². The maximum Gasteiger partial charge on any atom is 0.326 e. The second-order valence-corrected chi connectivity index (χ2v) is 5.94. The molecule has 2 fully saturated rings. The molecule has 1 saturated heterocycles. The third kappa shape index (κ3) is 3.19. The van der Waals surface area contributed by atoms with Crippen LogP contribution in [0.5, 0.6) is 0 Å². The van der Waals surface area contributed by atoms with Gasteiger partial charge in [0.25, 0.3) is 0 Å². The topological polar surface area (TPSA) is 69.6 Å². The van der Waals surface area contributed by atoms with Crippen LogP contribution in [0.25, 0.3) is 0 Å². The summed E-state index contributed by atoms with van der Waals surface area (Å²) in [4.78, 5) is 25.0. The van der Waals surface area contributed by atoms with Crippen LogP contribution in [0.2, 0.25) is 0 Å². The molecular formula is C14H24N2O3. The molecule has 0 aromatic heterocycles. The van der Waals surface area contributed by atoms with E-state index < -0.39 is 12.0 Å². The summed E-state index contributed by atoms with van der Waals surface area (Å²) < 4.78 is 0. The second kappa shape index (κ2) is 5.80. The van der Waals surface area contributed by atoms with Crippen LogP contribution in [-0.2, 0) is 4.79 Å². The number of hydrogen-bond donors (Lipinski definition) is 2. The molecule has 19 heavy (non-hydrogen) atoms. The summed E-state index contributed by atoms with van der Waals surface area (Å²) in [6.45, 7) is 4.61. The lowest BCUT2D eigenvalue weighted by Crippen LogP contribution is -2.55. The lowest BCUT2D eigenvalue weighted by atomic mass is 9.91. The van der Waals surface area contributed by atoms with E-state index >= 15 is 0 Å². The van der Waals surface area contributed by atoms with Crippen molar-refractivity contribution in [3.63, 3.8) is 0 Å². The van der Waals surface area contributed by atoms with Crippen LogP contribution in [0.15, 0.2) is 0 Å². The zero-order valence-corrected chi connectivity index (χ0v) is 11.8. The highest BCUT2D eigenvalue weighted by molar-refractivity contribution is 5.83.